The first-order valence-corrected chi connectivity index (χ1v) is 6.18. The van der Waals surface area contributed by atoms with E-state index < -0.39 is 12.5 Å². The van der Waals surface area contributed by atoms with E-state index in [-0.39, 0.29) is 23.7 Å². The standard InChI is InChI=1S/C13H18F2N2O2.ClH/c1-2-7-16-8-9-17-12(18)10-5-3-4-6-11(10)19-13(14)15;/h3-6,13,16H,2,7-9H2,1H3,(H,17,18);1H. The van der Waals surface area contributed by atoms with Gasteiger partial charge >= 0.3 is 6.61 Å². The Kier molecular flexibility index (Phi) is 9.67. The lowest BCUT2D eigenvalue weighted by atomic mass is 10.2. The van der Waals surface area contributed by atoms with Crippen LogP contribution in [0.1, 0.15) is 23.7 Å². The van der Waals surface area contributed by atoms with E-state index in [9.17, 15) is 13.6 Å². The topological polar surface area (TPSA) is 50.4 Å². The van der Waals surface area contributed by atoms with Crippen LogP contribution in [0, 0.1) is 0 Å². The maximum Gasteiger partial charge on any atom is 0.387 e. The number of carbonyl (C=O) groups is 1. The fraction of sp³-hybridized carbons (Fsp3) is 0.462. The molecule has 0 atom stereocenters. The summed E-state index contributed by atoms with van der Waals surface area (Å²) in [4.78, 5) is 11.8. The lowest BCUT2D eigenvalue weighted by Crippen LogP contribution is -2.32. The van der Waals surface area contributed by atoms with E-state index in [0.717, 1.165) is 13.0 Å². The predicted molar refractivity (Wildman–Crippen MR) is 75.8 cm³/mol. The number of alkyl halides is 2. The number of para-hydroxylation sites is 1. The Morgan fingerprint density at radius 1 is 1.25 bits per heavy atom. The number of carbonyl (C=O) groups excluding carboxylic acids is 1. The van der Waals surface area contributed by atoms with Crippen LogP contribution in [-0.2, 0) is 0 Å². The van der Waals surface area contributed by atoms with Crippen molar-refractivity contribution in [2.75, 3.05) is 19.6 Å². The van der Waals surface area contributed by atoms with Crippen molar-refractivity contribution < 1.29 is 18.3 Å². The number of ether oxygens (including phenoxy) is 1. The van der Waals surface area contributed by atoms with E-state index in [2.05, 4.69) is 15.4 Å². The van der Waals surface area contributed by atoms with Gasteiger partial charge in [-0.05, 0) is 25.1 Å². The Labute approximate surface area is 123 Å². The van der Waals surface area contributed by atoms with Crippen molar-refractivity contribution >= 4 is 18.3 Å². The zero-order valence-electron chi connectivity index (χ0n) is 11.2. The maximum absolute atomic E-state index is 12.2. The van der Waals surface area contributed by atoms with Gasteiger partial charge in [0.05, 0.1) is 5.56 Å². The van der Waals surface area contributed by atoms with Gasteiger partial charge in [-0.2, -0.15) is 8.78 Å². The summed E-state index contributed by atoms with van der Waals surface area (Å²) < 4.78 is 28.7. The first kappa shape index (κ1) is 18.6. The number of nitrogens with one attached hydrogen (secondary N) is 2. The van der Waals surface area contributed by atoms with Crippen molar-refractivity contribution in [2.45, 2.75) is 20.0 Å². The number of benzene rings is 1. The van der Waals surface area contributed by atoms with Crippen molar-refractivity contribution in [1.82, 2.24) is 10.6 Å². The van der Waals surface area contributed by atoms with Crippen molar-refractivity contribution in [3.63, 3.8) is 0 Å². The average Bonchev–Trinajstić information content (AvgIpc) is 2.38. The molecule has 2 N–H and O–H groups in total. The van der Waals surface area contributed by atoms with Crippen molar-refractivity contribution in [1.29, 1.82) is 0 Å². The second kappa shape index (κ2) is 10.4. The SMILES string of the molecule is CCCNCCNC(=O)c1ccccc1OC(F)F.Cl. The molecule has 1 aromatic carbocycles. The second-order valence-electron chi connectivity index (χ2n) is 3.88. The summed E-state index contributed by atoms with van der Waals surface area (Å²) in [5.41, 5.74) is 0.110. The summed E-state index contributed by atoms with van der Waals surface area (Å²) in [6.07, 6.45) is 1.01. The molecule has 0 radical (unpaired) electrons. The predicted octanol–water partition coefficient (Wildman–Crippen LogP) is 2.44. The summed E-state index contributed by atoms with van der Waals surface area (Å²) in [6, 6.07) is 5.93. The third-order valence-corrected chi connectivity index (χ3v) is 2.36. The molecule has 1 rings (SSSR count). The summed E-state index contributed by atoms with van der Waals surface area (Å²) >= 11 is 0. The molecule has 0 saturated carbocycles. The van der Waals surface area contributed by atoms with Crippen LogP contribution in [0.4, 0.5) is 8.78 Å². The summed E-state index contributed by atoms with van der Waals surface area (Å²) in [5.74, 6) is -0.536. The van der Waals surface area contributed by atoms with Gasteiger partial charge < -0.3 is 15.4 Å². The molecule has 0 saturated heterocycles. The molecule has 0 unspecified atom stereocenters. The second-order valence-corrected chi connectivity index (χ2v) is 3.88. The zero-order chi connectivity index (χ0) is 14.1. The van der Waals surface area contributed by atoms with Crippen molar-refractivity contribution in [2.24, 2.45) is 0 Å². The number of hydrogen-bond donors (Lipinski definition) is 2. The van der Waals surface area contributed by atoms with Crippen LogP contribution in [0.2, 0.25) is 0 Å². The molecule has 0 aliphatic heterocycles. The summed E-state index contributed by atoms with van der Waals surface area (Å²) in [7, 11) is 0. The molecule has 1 amide bonds. The quantitative estimate of drug-likeness (QED) is 0.725. The van der Waals surface area contributed by atoms with Gasteiger partial charge in [0.25, 0.3) is 5.91 Å². The molecule has 0 fully saturated rings. The zero-order valence-corrected chi connectivity index (χ0v) is 12.0. The Hall–Kier alpha value is -1.40. The van der Waals surface area contributed by atoms with Gasteiger partial charge in [0.15, 0.2) is 0 Å². The number of amides is 1. The van der Waals surface area contributed by atoms with E-state index >= 15 is 0 Å². The number of rotatable bonds is 8. The van der Waals surface area contributed by atoms with Gasteiger partial charge in [0.1, 0.15) is 5.75 Å². The molecule has 0 bridgehead atoms. The molecule has 114 valence electrons. The van der Waals surface area contributed by atoms with E-state index in [0.29, 0.717) is 13.1 Å². The van der Waals surface area contributed by atoms with Crippen LogP contribution in [0.3, 0.4) is 0 Å². The monoisotopic (exact) mass is 308 g/mol. The minimum Gasteiger partial charge on any atom is -0.434 e. The highest BCUT2D eigenvalue weighted by molar-refractivity contribution is 5.96. The first-order valence-electron chi connectivity index (χ1n) is 6.18. The lowest BCUT2D eigenvalue weighted by molar-refractivity contribution is -0.0501. The fourth-order valence-electron chi connectivity index (χ4n) is 1.51. The summed E-state index contributed by atoms with van der Waals surface area (Å²) in [5, 5.41) is 5.77. The van der Waals surface area contributed by atoms with Gasteiger partial charge in [-0.15, -0.1) is 12.4 Å². The third kappa shape index (κ3) is 6.68. The van der Waals surface area contributed by atoms with E-state index in [1.165, 1.54) is 18.2 Å². The molecule has 1 aromatic rings. The van der Waals surface area contributed by atoms with Gasteiger partial charge in [-0.1, -0.05) is 19.1 Å². The van der Waals surface area contributed by atoms with E-state index in [1.807, 2.05) is 6.92 Å². The van der Waals surface area contributed by atoms with Crippen LogP contribution >= 0.6 is 12.4 Å². The molecule has 0 spiro atoms. The van der Waals surface area contributed by atoms with Gasteiger partial charge in [0, 0.05) is 13.1 Å². The summed E-state index contributed by atoms with van der Waals surface area (Å²) in [6.45, 7) is 1.05. The molecule has 4 nitrogen and oxygen atoms in total. The molecule has 0 heterocycles. The van der Waals surface area contributed by atoms with Crippen LogP contribution in [0.15, 0.2) is 24.3 Å². The molecular weight excluding hydrogens is 290 g/mol. The van der Waals surface area contributed by atoms with Crippen LogP contribution < -0.4 is 15.4 Å². The smallest absolute Gasteiger partial charge is 0.387 e. The molecule has 0 aromatic heterocycles. The van der Waals surface area contributed by atoms with Gasteiger partial charge in [-0.3, -0.25) is 4.79 Å². The Morgan fingerprint density at radius 3 is 2.60 bits per heavy atom. The molecule has 7 heteroatoms. The van der Waals surface area contributed by atoms with Crippen molar-refractivity contribution in [3.05, 3.63) is 29.8 Å². The number of halogens is 3. The molecular formula is C13H19ClF2N2O2. The largest absolute Gasteiger partial charge is 0.434 e. The Bertz CT molecular complexity index is 406. The normalized spacial score (nSPS) is 10.0. The highest BCUT2D eigenvalue weighted by atomic mass is 35.5. The third-order valence-electron chi connectivity index (χ3n) is 2.36. The maximum atomic E-state index is 12.2. The highest BCUT2D eigenvalue weighted by Gasteiger charge is 2.14. The van der Waals surface area contributed by atoms with E-state index in [4.69, 9.17) is 0 Å². The lowest BCUT2D eigenvalue weighted by Gasteiger charge is -2.11. The molecule has 20 heavy (non-hydrogen) atoms. The Morgan fingerprint density at radius 2 is 1.95 bits per heavy atom. The van der Waals surface area contributed by atoms with Gasteiger partial charge in [0.2, 0.25) is 0 Å². The van der Waals surface area contributed by atoms with E-state index in [1.54, 1.807) is 6.07 Å². The van der Waals surface area contributed by atoms with Gasteiger partial charge in [-0.25, -0.2) is 0 Å². The minimum absolute atomic E-state index is 0. The fourth-order valence-corrected chi connectivity index (χ4v) is 1.51. The highest BCUT2D eigenvalue weighted by Crippen LogP contribution is 2.19. The average molecular weight is 309 g/mol. The van der Waals surface area contributed by atoms with Crippen molar-refractivity contribution in [3.8, 4) is 5.75 Å². The first-order chi connectivity index (χ1) is 9.15. The Balaban J connectivity index is 0.00000361. The number of hydrogen-bond acceptors (Lipinski definition) is 3. The molecule has 0 aliphatic carbocycles. The molecule has 0 aliphatic rings. The van der Waals surface area contributed by atoms with Crippen LogP contribution in [0.25, 0.3) is 0 Å². The minimum atomic E-state index is -2.94. The van der Waals surface area contributed by atoms with Crippen LogP contribution in [0.5, 0.6) is 5.75 Å². The van der Waals surface area contributed by atoms with Crippen LogP contribution in [-0.4, -0.2) is 32.2 Å².